The van der Waals surface area contributed by atoms with Gasteiger partial charge in [0, 0.05) is 13.1 Å². The number of nitrogens with one attached hydrogen (secondary N) is 2. The average molecular weight is 374 g/mol. The van der Waals surface area contributed by atoms with E-state index in [1.54, 1.807) is 12.5 Å². The van der Waals surface area contributed by atoms with E-state index in [-0.39, 0.29) is 12.0 Å². The van der Waals surface area contributed by atoms with Crippen molar-refractivity contribution in [1.29, 1.82) is 0 Å². The number of nitrogens with two attached hydrogens (primary N) is 1. The van der Waals surface area contributed by atoms with E-state index in [4.69, 9.17) is 10.5 Å². The molecule has 1 aromatic heterocycles. The highest BCUT2D eigenvalue weighted by Gasteiger charge is 2.14. The third-order valence-electron chi connectivity index (χ3n) is 4.09. The lowest BCUT2D eigenvalue weighted by atomic mass is 10.1. The molecule has 0 radical (unpaired) electrons. The lowest BCUT2D eigenvalue weighted by Gasteiger charge is -2.12. The number of para-hydroxylation sites is 1. The van der Waals surface area contributed by atoms with Crippen LogP contribution in [0.2, 0.25) is 0 Å². The summed E-state index contributed by atoms with van der Waals surface area (Å²) in [4.78, 5) is 16.3. The van der Waals surface area contributed by atoms with Crippen LogP contribution in [0.15, 0.2) is 36.8 Å². The van der Waals surface area contributed by atoms with Gasteiger partial charge in [0.1, 0.15) is 6.33 Å². The number of nitrogens with zero attached hydrogens (tertiary/aromatic N) is 2. The van der Waals surface area contributed by atoms with E-state index in [2.05, 4.69) is 21.7 Å². The minimum Gasteiger partial charge on any atom is -0.377 e. The quantitative estimate of drug-likeness (QED) is 0.526. The Morgan fingerprint density at radius 2 is 2.11 bits per heavy atom. The molecule has 0 saturated carbocycles. The molecule has 0 bridgehead atoms. The van der Waals surface area contributed by atoms with Gasteiger partial charge in [-0.3, -0.25) is 4.79 Å². The fourth-order valence-electron chi connectivity index (χ4n) is 2.68. The molecule has 0 aliphatic carbocycles. The second-order valence-corrected chi connectivity index (χ2v) is 6.78. The Balaban J connectivity index is 1.98. The number of hydrogen-bond donors (Lipinski definition) is 3. The second-order valence-electron chi connectivity index (χ2n) is 6.78. The first-order valence-electron chi connectivity index (χ1n) is 9.52. The minimum atomic E-state index is -0.510. The van der Waals surface area contributed by atoms with Crippen molar-refractivity contribution < 1.29 is 9.53 Å². The smallest absolute Gasteiger partial charge is 0.242 e. The van der Waals surface area contributed by atoms with Gasteiger partial charge in [0.15, 0.2) is 5.82 Å². The number of carbonyl (C=O) groups is 1. The number of benzene rings is 1. The molecule has 0 unspecified atom stereocenters. The predicted octanol–water partition coefficient (Wildman–Crippen LogP) is 2.45. The molecular weight excluding hydrogens is 342 g/mol. The van der Waals surface area contributed by atoms with Gasteiger partial charge in [-0.2, -0.15) is 0 Å². The number of anilines is 1. The van der Waals surface area contributed by atoms with Gasteiger partial charge in [-0.25, -0.2) is 4.98 Å². The van der Waals surface area contributed by atoms with Crippen molar-refractivity contribution >= 4 is 11.7 Å². The van der Waals surface area contributed by atoms with Gasteiger partial charge in [-0.1, -0.05) is 31.5 Å². The number of ether oxygens (including phenoxy) is 1. The van der Waals surface area contributed by atoms with Crippen molar-refractivity contribution in [2.45, 2.75) is 52.3 Å². The van der Waals surface area contributed by atoms with Crippen LogP contribution < -0.4 is 16.4 Å². The van der Waals surface area contributed by atoms with Gasteiger partial charge >= 0.3 is 0 Å². The summed E-state index contributed by atoms with van der Waals surface area (Å²) >= 11 is 0. The minimum absolute atomic E-state index is 0.206. The summed E-state index contributed by atoms with van der Waals surface area (Å²) in [5, 5.41) is 6.17. The van der Waals surface area contributed by atoms with Crippen molar-refractivity contribution in [3.63, 3.8) is 0 Å². The molecule has 1 amide bonds. The highest BCUT2D eigenvalue weighted by atomic mass is 16.5. The van der Waals surface area contributed by atoms with Crippen LogP contribution in [-0.2, 0) is 16.1 Å². The van der Waals surface area contributed by atoms with E-state index in [1.807, 2.05) is 43.5 Å². The molecule has 0 spiro atoms. The number of hydrogen-bond acceptors (Lipinski definition) is 5. The average Bonchev–Trinajstić information content (AvgIpc) is 3.10. The third kappa shape index (κ3) is 6.78. The second kappa shape index (κ2) is 10.8. The van der Waals surface area contributed by atoms with Gasteiger partial charge in [-0.05, 0) is 31.9 Å². The lowest BCUT2D eigenvalue weighted by Crippen LogP contribution is -2.35. The van der Waals surface area contributed by atoms with E-state index in [0.717, 1.165) is 30.8 Å². The topological polar surface area (TPSA) is 94.2 Å². The summed E-state index contributed by atoms with van der Waals surface area (Å²) in [6.45, 7) is 8.24. The zero-order valence-corrected chi connectivity index (χ0v) is 16.4. The fourth-order valence-corrected chi connectivity index (χ4v) is 2.68. The van der Waals surface area contributed by atoms with Crippen LogP contribution in [0.1, 0.15) is 39.2 Å². The van der Waals surface area contributed by atoms with Crippen molar-refractivity contribution in [2.75, 3.05) is 18.5 Å². The Hall–Kier alpha value is -2.22. The molecule has 0 saturated heterocycles. The number of imidazole rings is 1. The van der Waals surface area contributed by atoms with E-state index in [1.165, 1.54) is 0 Å². The Morgan fingerprint density at radius 3 is 2.85 bits per heavy atom. The van der Waals surface area contributed by atoms with E-state index in [9.17, 15) is 4.79 Å². The summed E-state index contributed by atoms with van der Waals surface area (Å²) in [6.07, 6.45) is 5.26. The monoisotopic (exact) mass is 373 g/mol. The zero-order chi connectivity index (χ0) is 19.6. The third-order valence-corrected chi connectivity index (χ3v) is 4.09. The zero-order valence-electron chi connectivity index (χ0n) is 16.4. The maximum atomic E-state index is 12.1. The van der Waals surface area contributed by atoms with Crippen LogP contribution in [0.4, 0.5) is 5.82 Å². The molecule has 148 valence electrons. The fraction of sp³-hybridized carbons (Fsp3) is 0.500. The van der Waals surface area contributed by atoms with Gasteiger partial charge in [0.05, 0.1) is 30.6 Å². The van der Waals surface area contributed by atoms with E-state index in [0.29, 0.717) is 18.8 Å². The summed E-state index contributed by atoms with van der Waals surface area (Å²) in [6, 6.07) is 7.58. The largest absolute Gasteiger partial charge is 0.377 e. The lowest BCUT2D eigenvalue weighted by molar-refractivity contribution is -0.117. The van der Waals surface area contributed by atoms with Gasteiger partial charge in [0.2, 0.25) is 5.91 Å². The van der Waals surface area contributed by atoms with Gasteiger partial charge in [-0.15, -0.1) is 0 Å². The first-order valence-corrected chi connectivity index (χ1v) is 9.52. The van der Waals surface area contributed by atoms with Crippen molar-refractivity contribution in [3.05, 3.63) is 42.4 Å². The van der Waals surface area contributed by atoms with Crippen LogP contribution in [-0.4, -0.2) is 40.8 Å². The Kier molecular flexibility index (Phi) is 8.44. The van der Waals surface area contributed by atoms with Crippen molar-refractivity contribution in [3.8, 4) is 5.69 Å². The SMILES string of the molecule is CCC[C@H](N)C(=O)Nc1cn(-c2ccccc2CNCCOC(C)C)cn1. The molecule has 0 fully saturated rings. The Morgan fingerprint density at radius 1 is 1.33 bits per heavy atom. The van der Waals surface area contributed by atoms with Crippen LogP contribution in [0.25, 0.3) is 5.69 Å². The van der Waals surface area contributed by atoms with Crippen LogP contribution in [0, 0.1) is 0 Å². The number of rotatable bonds is 11. The van der Waals surface area contributed by atoms with Crippen molar-refractivity contribution in [2.24, 2.45) is 5.73 Å². The van der Waals surface area contributed by atoms with E-state index >= 15 is 0 Å². The van der Waals surface area contributed by atoms with E-state index < -0.39 is 6.04 Å². The normalized spacial score (nSPS) is 12.3. The Bertz CT molecular complexity index is 714. The standard InChI is InChI=1S/C20H31N5O2/c1-4-7-17(21)20(26)24-19-13-25(14-23-19)18-9-6-5-8-16(18)12-22-10-11-27-15(2)3/h5-6,8-9,13-15,17,22H,4,7,10-12,21H2,1-3H3,(H,24,26)/t17-/m0/s1. The van der Waals surface area contributed by atoms with Gasteiger partial charge < -0.3 is 25.7 Å². The molecule has 1 heterocycles. The van der Waals surface area contributed by atoms with Crippen LogP contribution in [0.3, 0.4) is 0 Å². The Labute approximate surface area is 161 Å². The molecular formula is C20H31N5O2. The number of aromatic nitrogens is 2. The maximum absolute atomic E-state index is 12.1. The summed E-state index contributed by atoms with van der Waals surface area (Å²) in [5.74, 6) is 0.293. The molecule has 7 nitrogen and oxygen atoms in total. The molecule has 1 aromatic carbocycles. The molecule has 0 aliphatic rings. The molecule has 27 heavy (non-hydrogen) atoms. The molecule has 2 aromatic rings. The molecule has 2 rings (SSSR count). The first kappa shape index (κ1) is 21.1. The number of amides is 1. The molecule has 1 atom stereocenters. The highest BCUT2D eigenvalue weighted by molar-refractivity contribution is 5.93. The first-order chi connectivity index (χ1) is 13.0. The summed E-state index contributed by atoms with van der Waals surface area (Å²) in [5.41, 5.74) is 8.00. The molecule has 7 heteroatoms. The predicted molar refractivity (Wildman–Crippen MR) is 108 cm³/mol. The molecule has 4 N–H and O–H groups in total. The molecule has 0 aliphatic heterocycles. The van der Waals surface area contributed by atoms with Gasteiger partial charge in [0.25, 0.3) is 0 Å². The van der Waals surface area contributed by atoms with Crippen molar-refractivity contribution in [1.82, 2.24) is 14.9 Å². The maximum Gasteiger partial charge on any atom is 0.242 e. The highest BCUT2D eigenvalue weighted by Crippen LogP contribution is 2.16. The number of carbonyl (C=O) groups excluding carboxylic acids is 1. The summed E-state index contributed by atoms with van der Waals surface area (Å²) < 4.78 is 7.45. The van der Waals surface area contributed by atoms with Crippen LogP contribution >= 0.6 is 0 Å². The van der Waals surface area contributed by atoms with Crippen LogP contribution in [0.5, 0.6) is 0 Å². The summed E-state index contributed by atoms with van der Waals surface area (Å²) in [7, 11) is 0.